The number of ether oxygens (including phenoxy) is 1. The van der Waals surface area contributed by atoms with E-state index in [0.717, 1.165) is 4.57 Å². The molecule has 0 radical (unpaired) electrons. The van der Waals surface area contributed by atoms with Crippen LogP contribution in [0, 0.1) is 0 Å². The molecule has 1 N–H and O–H groups in total. The van der Waals surface area contributed by atoms with Gasteiger partial charge in [-0.1, -0.05) is 0 Å². The zero-order chi connectivity index (χ0) is 17.3. The van der Waals surface area contributed by atoms with E-state index in [1.807, 2.05) is 0 Å². The maximum atomic E-state index is 12.3. The minimum atomic E-state index is -0.518. The number of nitrogens with one attached hydrogen (secondary N) is 1. The van der Waals surface area contributed by atoms with E-state index >= 15 is 0 Å². The van der Waals surface area contributed by atoms with Crippen molar-refractivity contribution in [1.29, 1.82) is 0 Å². The number of rotatable bonds is 4. The lowest BCUT2D eigenvalue weighted by Gasteiger charge is -2.10. The highest BCUT2D eigenvalue weighted by molar-refractivity contribution is 7.17. The molecule has 0 aliphatic heterocycles. The lowest BCUT2D eigenvalue weighted by atomic mass is 10.3. The van der Waals surface area contributed by atoms with Gasteiger partial charge in [0.2, 0.25) is 5.91 Å². The Morgan fingerprint density at radius 1 is 1.21 bits per heavy atom. The monoisotopic (exact) mass is 345 g/mol. The predicted molar refractivity (Wildman–Crippen MR) is 92.9 cm³/mol. The van der Waals surface area contributed by atoms with Crippen molar-refractivity contribution in [2.45, 2.75) is 6.54 Å². The number of benzene rings is 1. The molecule has 0 atom stereocenters. The number of fused-ring (bicyclic) bond motifs is 1. The first-order chi connectivity index (χ1) is 11.5. The van der Waals surface area contributed by atoms with Crippen molar-refractivity contribution in [3.05, 3.63) is 56.5 Å². The third-order valence-corrected chi connectivity index (χ3v) is 4.52. The average Bonchev–Trinajstić information content (AvgIpc) is 3.07. The summed E-state index contributed by atoms with van der Waals surface area (Å²) in [5, 5.41) is 4.45. The van der Waals surface area contributed by atoms with Gasteiger partial charge in [0.05, 0.1) is 12.6 Å². The molecule has 0 bridgehead atoms. The maximum absolute atomic E-state index is 12.3. The Balaban J connectivity index is 1.89. The summed E-state index contributed by atoms with van der Waals surface area (Å²) in [7, 11) is 2.97. The van der Waals surface area contributed by atoms with E-state index in [1.54, 1.807) is 42.8 Å². The van der Waals surface area contributed by atoms with Gasteiger partial charge in [-0.2, -0.15) is 0 Å². The first-order valence-corrected chi connectivity index (χ1v) is 8.00. The Kier molecular flexibility index (Phi) is 4.22. The number of hydrogen-bond donors (Lipinski definition) is 1. The molecular formula is C16H15N3O4S. The Bertz CT molecular complexity index is 1010. The highest BCUT2D eigenvalue weighted by Gasteiger charge is 2.14. The molecule has 8 heteroatoms. The smallest absolute Gasteiger partial charge is 0.331 e. The van der Waals surface area contributed by atoms with Gasteiger partial charge in [0.25, 0.3) is 5.56 Å². The SMILES string of the molecule is COc1ccc(NC(=O)Cn2c(=O)n(C)c(=O)c3sccc32)cc1. The largest absolute Gasteiger partial charge is 0.497 e. The van der Waals surface area contributed by atoms with Crippen LogP contribution in [0.5, 0.6) is 5.75 Å². The zero-order valence-electron chi connectivity index (χ0n) is 13.1. The number of amides is 1. The van der Waals surface area contributed by atoms with E-state index in [0.29, 0.717) is 21.7 Å². The van der Waals surface area contributed by atoms with Crippen LogP contribution in [0.1, 0.15) is 0 Å². The minimum Gasteiger partial charge on any atom is -0.497 e. The van der Waals surface area contributed by atoms with Crippen LogP contribution in [0.4, 0.5) is 5.69 Å². The quantitative estimate of drug-likeness (QED) is 0.775. The van der Waals surface area contributed by atoms with Gasteiger partial charge in [-0.05, 0) is 35.7 Å². The zero-order valence-corrected chi connectivity index (χ0v) is 13.9. The Morgan fingerprint density at radius 3 is 2.58 bits per heavy atom. The van der Waals surface area contributed by atoms with Crippen molar-refractivity contribution in [2.75, 3.05) is 12.4 Å². The van der Waals surface area contributed by atoms with Crippen molar-refractivity contribution in [2.24, 2.45) is 7.05 Å². The summed E-state index contributed by atoms with van der Waals surface area (Å²) in [4.78, 5) is 36.6. The lowest BCUT2D eigenvalue weighted by molar-refractivity contribution is -0.116. The number of thiophene rings is 1. The molecule has 0 fully saturated rings. The van der Waals surface area contributed by atoms with E-state index in [-0.39, 0.29) is 18.0 Å². The van der Waals surface area contributed by atoms with Crippen LogP contribution >= 0.6 is 11.3 Å². The fourth-order valence-electron chi connectivity index (χ4n) is 2.37. The van der Waals surface area contributed by atoms with Crippen molar-refractivity contribution >= 4 is 33.1 Å². The molecule has 1 aromatic carbocycles. The van der Waals surface area contributed by atoms with E-state index < -0.39 is 5.69 Å². The van der Waals surface area contributed by atoms with E-state index in [2.05, 4.69) is 5.32 Å². The second-order valence-corrected chi connectivity index (χ2v) is 6.06. The van der Waals surface area contributed by atoms with Gasteiger partial charge in [-0.25, -0.2) is 4.79 Å². The Labute approximate surface area is 140 Å². The normalized spacial score (nSPS) is 10.8. The van der Waals surface area contributed by atoms with Crippen molar-refractivity contribution in [3.63, 3.8) is 0 Å². The molecule has 0 aliphatic rings. The standard InChI is InChI=1S/C16H15N3O4S/c1-18-15(21)14-12(7-8-24-14)19(16(18)22)9-13(20)17-10-3-5-11(23-2)6-4-10/h3-8H,9H2,1-2H3,(H,17,20). The first kappa shape index (κ1) is 16.0. The third kappa shape index (κ3) is 2.83. The number of carbonyl (C=O) groups excluding carboxylic acids is 1. The van der Waals surface area contributed by atoms with Gasteiger partial charge in [0, 0.05) is 12.7 Å². The number of carbonyl (C=O) groups is 1. The lowest BCUT2D eigenvalue weighted by Crippen LogP contribution is -2.39. The van der Waals surface area contributed by atoms with Gasteiger partial charge in [-0.3, -0.25) is 18.7 Å². The highest BCUT2D eigenvalue weighted by atomic mass is 32.1. The summed E-state index contributed by atoms with van der Waals surface area (Å²) in [6.07, 6.45) is 0. The van der Waals surface area contributed by atoms with Gasteiger partial charge < -0.3 is 10.1 Å². The predicted octanol–water partition coefficient (Wildman–Crippen LogP) is 1.41. The topological polar surface area (TPSA) is 82.3 Å². The molecule has 0 spiro atoms. The van der Waals surface area contributed by atoms with E-state index in [9.17, 15) is 14.4 Å². The molecule has 0 aliphatic carbocycles. The number of anilines is 1. The third-order valence-electron chi connectivity index (χ3n) is 3.63. The molecular weight excluding hydrogens is 330 g/mol. The fourth-order valence-corrected chi connectivity index (χ4v) is 3.24. The first-order valence-electron chi connectivity index (χ1n) is 7.12. The van der Waals surface area contributed by atoms with Gasteiger partial charge in [-0.15, -0.1) is 11.3 Å². The van der Waals surface area contributed by atoms with Crippen LogP contribution in [0.3, 0.4) is 0 Å². The summed E-state index contributed by atoms with van der Waals surface area (Å²) < 4.78 is 7.82. The molecule has 24 heavy (non-hydrogen) atoms. The number of hydrogen-bond acceptors (Lipinski definition) is 5. The highest BCUT2D eigenvalue weighted by Crippen LogP contribution is 2.16. The molecule has 3 aromatic rings. The Hall–Kier alpha value is -2.87. The van der Waals surface area contributed by atoms with Gasteiger partial charge in [0.15, 0.2) is 0 Å². The number of nitrogens with zero attached hydrogens (tertiary/aromatic N) is 2. The van der Waals surface area contributed by atoms with Crippen LogP contribution in [0.15, 0.2) is 45.3 Å². The molecule has 7 nitrogen and oxygen atoms in total. The van der Waals surface area contributed by atoms with Gasteiger partial charge in [0.1, 0.15) is 17.0 Å². The molecule has 0 saturated heterocycles. The fraction of sp³-hybridized carbons (Fsp3) is 0.188. The summed E-state index contributed by atoms with van der Waals surface area (Å²) in [5.41, 5.74) is 0.200. The van der Waals surface area contributed by atoms with Crippen molar-refractivity contribution < 1.29 is 9.53 Å². The molecule has 2 aromatic heterocycles. The van der Waals surface area contributed by atoms with Crippen molar-refractivity contribution in [1.82, 2.24) is 9.13 Å². The second kappa shape index (κ2) is 6.32. The average molecular weight is 345 g/mol. The van der Waals surface area contributed by atoms with E-state index in [4.69, 9.17) is 4.74 Å². The Morgan fingerprint density at radius 2 is 1.92 bits per heavy atom. The van der Waals surface area contributed by atoms with E-state index in [1.165, 1.54) is 23.0 Å². The summed E-state index contributed by atoms with van der Waals surface area (Å²) in [5.74, 6) is 0.329. The molecule has 0 unspecified atom stereocenters. The molecule has 0 saturated carbocycles. The van der Waals surface area contributed by atoms with Gasteiger partial charge >= 0.3 is 5.69 Å². The van der Waals surface area contributed by atoms with Crippen molar-refractivity contribution in [3.8, 4) is 5.75 Å². The second-order valence-electron chi connectivity index (χ2n) is 5.14. The summed E-state index contributed by atoms with van der Waals surface area (Å²) in [6.45, 7) is -0.174. The minimum absolute atomic E-state index is 0.174. The molecule has 124 valence electrons. The molecule has 3 rings (SSSR count). The molecule has 2 heterocycles. The number of methoxy groups -OCH3 is 1. The summed E-state index contributed by atoms with van der Waals surface area (Å²) >= 11 is 1.25. The maximum Gasteiger partial charge on any atom is 0.331 e. The van der Waals surface area contributed by atoms with Crippen LogP contribution < -0.4 is 21.3 Å². The van der Waals surface area contributed by atoms with Crippen LogP contribution in [-0.2, 0) is 18.4 Å². The van der Waals surface area contributed by atoms with Crippen LogP contribution in [0.2, 0.25) is 0 Å². The van der Waals surface area contributed by atoms with Crippen LogP contribution in [-0.4, -0.2) is 22.2 Å². The number of aromatic nitrogens is 2. The summed E-state index contributed by atoms with van der Waals surface area (Å²) in [6, 6.07) is 8.54. The molecule has 1 amide bonds. The van der Waals surface area contributed by atoms with Crippen LogP contribution in [0.25, 0.3) is 10.2 Å².